The Morgan fingerprint density at radius 3 is 2.04 bits per heavy atom. The van der Waals surface area contributed by atoms with Gasteiger partial charge in [-0.3, -0.25) is 0 Å². The van der Waals surface area contributed by atoms with E-state index in [4.69, 9.17) is 0 Å². The van der Waals surface area contributed by atoms with Gasteiger partial charge in [-0.2, -0.15) is 0 Å². The molecular weight excluding hydrogens is 306 g/mol. The molecule has 0 unspecified atom stereocenters. The molecule has 0 atom stereocenters. The molecule has 2 heteroatoms. The molecular formula is C23H19NO. The Hall–Kier alpha value is -3.26. The van der Waals surface area contributed by atoms with Crippen molar-refractivity contribution in [2.45, 2.75) is 6.42 Å². The van der Waals surface area contributed by atoms with Crippen molar-refractivity contribution in [1.29, 1.82) is 0 Å². The molecule has 2 nitrogen and oxygen atoms in total. The quantitative estimate of drug-likeness (QED) is 0.500. The highest BCUT2D eigenvalue weighted by Gasteiger charge is 2.13. The van der Waals surface area contributed by atoms with E-state index in [1.54, 1.807) is 6.07 Å². The summed E-state index contributed by atoms with van der Waals surface area (Å²) in [6, 6.07) is 30.3. The number of benzene rings is 3. The Balaban J connectivity index is 1.82. The smallest absolute Gasteiger partial charge is 0.124 e. The van der Waals surface area contributed by atoms with Crippen molar-refractivity contribution >= 4 is 0 Å². The van der Waals surface area contributed by atoms with E-state index in [1.165, 1.54) is 16.7 Å². The van der Waals surface area contributed by atoms with Crippen LogP contribution in [0.15, 0.2) is 91.0 Å². The Morgan fingerprint density at radius 2 is 1.32 bits per heavy atom. The molecule has 3 aromatic carbocycles. The van der Waals surface area contributed by atoms with E-state index in [0.717, 1.165) is 23.4 Å². The van der Waals surface area contributed by atoms with E-state index in [0.29, 0.717) is 0 Å². The number of nitrogens with one attached hydrogen (secondary N) is 1. The summed E-state index contributed by atoms with van der Waals surface area (Å²) in [5.41, 5.74) is 6.50. The Labute approximate surface area is 147 Å². The number of aromatic amines is 1. The molecule has 0 saturated carbocycles. The largest absolute Gasteiger partial charge is 0.507 e. The van der Waals surface area contributed by atoms with Crippen molar-refractivity contribution in [3.05, 3.63) is 102 Å². The van der Waals surface area contributed by atoms with Crippen LogP contribution in [0, 0.1) is 0 Å². The summed E-state index contributed by atoms with van der Waals surface area (Å²) in [7, 11) is 0. The zero-order chi connectivity index (χ0) is 17.1. The van der Waals surface area contributed by atoms with E-state index in [9.17, 15) is 5.11 Å². The van der Waals surface area contributed by atoms with Gasteiger partial charge in [0.2, 0.25) is 0 Å². The van der Waals surface area contributed by atoms with Crippen LogP contribution in [0.3, 0.4) is 0 Å². The minimum Gasteiger partial charge on any atom is -0.507 e. The summed E-state index contributed by atoms with van der Waals surface area (Å²) in [5, 5.41) is 10.2. The summed E-state index contributed by atoms with van der Waals surface area (Å²) >= 11 is 0. The first-order chi connectivity index (χ1) is 12.3. The number of hydrogen-bond donors (Lipinski definition) is 2. The average Bonchev–Trinajstić information content (AvgIpc) is 3.07. The van der Waals surface area contributed by atoms with Gasteiger partial charge in [0.05, 0.1) is 0 Å². The number of rotatable bonds is 4. The lowest BCUT2D eigenvalue weighted by atomic mass is 10.0. The van der Waals surface area contributed by atoms with Crippen molar-refractivity contribution in [1.82, 2.24) is 4.98 Å². The predicted octanol–water partition coefficient (Wildman–Crippen LogP) is 5.65. The minimum atomic E-state index is 0.287. The van der Waals surface area contributed by atoms with Crippen molar-refractivity contribution < 1.29 is 5.11 Å². The number of phenols is 1. The fourth-order valence-corrected chi connectivity index (χ4v) is 3.16. The van der Waals surface area contributed by atoms with Crippen LogP contribution in [0.4, 0.5) is 0 Å². The molecule has 0 amide bonds. The van der Waals surface area contributed by atoms with Gasteiger partial charge in [0.15, 0.2) is 0 Å². The van der Waals surface area contributed by atoms with E-state index >= 15 is 0 Å². The molecule has 0 fully saturated rings. The van der Waals surface area contributed by atoms with E-state index in [2.05, 4.69) is 47.4 Å². The highest BCUT2D eigenvalue weighted by molar-refractivity contribution is 5.77. The van der Waals surface area contributed by atoms with Crippen LogP contribution < -0.4 is 0 Å². The average molecular weight is 325 g/mol. The number of H-pyrrole nitrogens is 1. The lowest BCUT2D eigenvalue weighted by Crippen LogP contribution is -1.91. The Kier molecular flexibility index (Phi) is 4.09. The second kappa shape index (κ2) is 6.70. The third-order valence-corrected chi connectivity index (χ3v) is 4.40. The van der Waals surface area contributed by atoms with Gasteiger partial charge in [0, 0.05) is 28.9 Å². The predicted molar refractivity (Wildman–Crippen MR) is 103 cm³/mol. The SMILES string of the molecule is Oc1ccccc1-c1cc(-c2ccccc2)c(Cc2ccccc2)[nH]1. The summed E-state index contributed by atoms with van der Waals surface area (Å²) in [5.74, 6) is 0.287. The lowest BCUT2D eigenvalue weighted by molar-refractivity contribution is 0.477. The minimum absolute atomic E-state index is 0.287. The first kappa shape index (κ1) is 15.3. The summed E-state index contributed by atoms with van der Waals surface area (Å²) < 4.78 is 0. The second-order valence-corrected chi connectivity index (χ2v) is 6.12. The molecule has 4 aromatic rings. The molecule has 0 radical (unpaired) electrons. The fraction of sp³-hybridized carbons (Fsp3) is 0.0435. The standard InChI is InChI=1S/C23H19NO/c25-23-14-8-7-13-19(23)22-16-20(18-11-5-2-6-12-18)21(24-22)15-17-9-3-1-4-10-17/h1-14,16,24-25H,15H2. The third-order valence-electron chi connectivity index (χ3n) is 4.40. The van der Waals surface area contributed by atoms with Crippen molar-refractivity contribution in [2.24, 2.45) is 0 Å². The maximum atomic E-state index is 10.2. The topological polar surface area (TPSA) is 36.0 Å². The van der Waals surface area contributed by atoms with E-state index in [-0.39, 0.29) is 5.75 Å². The molecule has 1 aromatic heterocycles. The molecule has 0 aliphatic carbocycles. The van der Waals surface area contributed by atoms with Crippen LogP contribution in [0.2, 0.25) is 0 Å². The van der Waals surface area contributed by atoms with Gasteiger partial charge in [-0.1, -0.05) is 72.8 Å². The molecule has 1 heterocycles. The zero-order valence-corrected chi connectivity index (χ0v) is 13.8. The van der Waals surface area contributed by atoms with Crippen LogP contribution in [0.1, 0.15) is 11.3 Å². The van der Waals surface area contributed by atoms with Crippen LogP contribution >= 0.6 is 0 Å². The van der Waals surface area contributed by atoms with Gasteiger partial charge < -0.3 is 10.1 Å². The van der Waals surface area contributed by atoms with Crippen LogP contribution in [-0.2, 0) is 6.42 Å². The van der Waals surface area contributed by atoms with Crippen molar-refractivity contribution in [3.63, 3.8) is 0 Å². The van der Waals surface area contributed by atoms with Gasteiger partial charge in [-0.25, -0.2) is 0 Å². The second-order valence-electron chi connectivity index (χ2n) is 6.12. The maximum Gasteiger partial charge on any atom is 0.124 e. The molecule has 25 heavy (non-hydrogen) atoms. The fourth-order valence-electron chi connectivity index (χ4n) is 3.16. The molecule has 0 aliphatic rings. The number of aromatic nitrogens is 1. The Morgan fingerprint density at radius 1 is 0.680 bits per heavy atom. The monoisotopic (exact) mass is 325 g/mol. The molecule has 0 spiro atoms. The highest BCUT2D eigenvalue weighted by atomic mass is 16.3. The third kappa shape index (κ3) is 3.20. The number of aromatic hydroxyl groups is 1. The van der Waals surface area contributed by atoms with Crippen molar-refractivity contribution in [2.75, 3.05) is 0 Å². The molecule has 0 bridgehead atoms. The van der Waals surface area contributed by atoms with Gasteiger partial charge in [-0.05, 0) is 29.3 Å². The number of para-hydroxylation sites is 1. The summed E-state index contributed by atoms with van der Waals surface area (Å²) in [6.07, 6.45) is 0.818. The van der Waals surface area contributed by atoms with Gasteiger partial charge in [0.1, 0.15) is 5.75 Å². The molecule has 2 N–H and O–H groups in total. The normalized spacial score (nSPS) is 10.7. The van der Waals surface area contributed by atoms with Crippen LogP contribution in [0.5, 0.6) is 5.75 Å². The zero-order valence-electron chi connectivity index (χ0n) is 13.8. The first-order valence-corrected chi connectivity index (χ1v) is 8.41. The van der Waals surface area contributed by atoms with Crippen LogP contribution in [0.25, 0.3) is 22.4 Å². The lowest BCUT2D eigenvalue weighted by Gasteiger charge is -2.05. The van der Waals surface area contributed by atoms with Gasteiger partial charge in [0.25, 0.3) is 0 Å². The maximum absolute atomic E-state index is 10.2. The molecule has 0 saturated heterocycles. The Bertz CT molecular complexity index is 971. The van der Waals surface area contributed by atoms with Crippen LogP contribution in [-0.4, -0.2) is 10.1 Å². The van der Waals surface area contributed by atoms with Crippen molar-refractivity contribution in [3.8, 4) is 28.1 Å². The summed E-state index contributed by atoms with van der Waals surface area (Å²) in [4.78, 5) is 3.53. The van der Waals surface area contributed by atoms with E-state index in [1.807, 2.05) is 42.5 Å². The van der Waals surface area contributed by atoms with Gasteiger partial charge >= 0.3 is 0 Å². The van der Waals surface area contributed by atoms with Gasteiger partial charge in [-0.15, -0.1) is 0 Å². The number of hydrogen-bond acceptors (Lipinski definition) is 1. The highest BCUT2D eigenvalue weighted by Crippen LogP contribution is 2.34. The summed E-state index contributed by atoms with van der Waals surface area (Å²) in [6.45, 7) is 0. The number of phenolic OH excluding ortho intramolecular Hbond substituents is 1. The molecule has 0 aliphatic heterocycles. The van der Waals surface area contributed by atoms with E-state index < -0.39 is 0 Å². The molecule has 122 valence electrons. The molecule has 4 rings (SSSR count). The first-order valence-electron chi connectivity index (χ1n) is 8.41.